The molecule has 0 saturated carbocycles. The summed E-state index contributed by atoms with van der Waals surface area (Å²) in [6.45, 7) is 6.62. The molecule has 0 rings (SSSR count). The summed E-state index contributed by atoms with van der Waals surface area (Å²) < 4.78 is 16.8. The third kappa shape index (κ3) is 62.5. The molecule has 0 aliphatic rings. The van der Waals surface area contributed by atoms with E-state index in [1.54, 1.807) is 0 Å². The summed E-state index contributed by atoms with van der Waals surface area (Å²) in [6.07, 6.45) is 80.7. The quantitative estimate of drug-likeness (QED) is 0.0261. The molecule has 0 aromatic carbocycles. The number of carbonyl (C=O) groups is 3. The summed E-state index contributed by atoms with van der Waals surface area (Å²) in [5, 5.41) is 0. The van der Waals surface area contributed by atoms with Gasteiger partial charge >= 0.3 is 17.9 Å². The Kier molecular flexibility index (Phi) is 63.1. The number of hydrogen-bond acceptors (Lipinski definition) is 6. The molecule has 0 bridgehead atoms. The third-order valence-electron chi connectivity index (χ3n) is 15.4. The van der Waals surface area contributed by atoms with E-state index in [1.807, 2.05) is 0 Å². The van der Waals surface area contributed by atoms with E-state index in [1.165, 1.54) is 270 Å². The fraction of sp³-hybridized carbons (Fsp3) is 0.871. The van der Waals surface area contributed by atoms with Gasteiger partial charge in [0.25, 0.3) is 0 Å². The van der Waals surface area contributed by atoms with Crippen LogP contribution in [0.1, 0.15) is 374 Å². The molecule has 76 heavy (non-hydrogen) atoms. The van der Waals surface area contributed by atoms with Gasteiger partial charge in [0.2, 0.25) is 0 Å². The molecule has 0 aliphatic carbocycles. The monoisotopic (exact) mass is 1070 g/mol. The first-order valence-corrected chi connectivity index (χ1v) is 34.0. The van der Waals surface area contributed by atoms with E-state index in [4.69, 9.17) is 14.2 Å². The SMILES string of the molecule is CCCCCCC/C=C\C/C=C\CCCCCCCCCCCCCCCCCCCCCCCC(=O)OCC(COC(=O)CCCCCCCC)OC(=O)CCCCCCCCCCC/C=C\CCCCCCCC. The predicted octanol–water partition coefficient (Wildman–Crippen LogP) is 23.2. The Balaban J connectivity index is 3.94. The standard InChI is InChI=1S/C70H130O6/c1-4-7-10-13-16-18-20-22-24-26-28-29-30-31-32-33-34-35-36-37-38-39-40-41-43-44-46-48-50-52-54-57-60-63-69(72)75-66-67(65-74-68(71)62-59-56-15-12-9-6-3)76-70(73)64-61-58-55-53-51-49-47-45-42-27-25-23-21-19-17-14-11-8-5-2/h20,22-23,25-26,28,67H,4-19,21,24,27,29-66H2,1-3H3/b22-20-,25-23-,28-26-. The minimum Gasteiger partial charge on any atom is -0.462 e. The van der Waals surface area contributed by atoms with E-state index >= 15 is 0 Å². The molecular weight excluding hydrogens is 937 g/mol. The number of allylic oxidation sites excluding steroid dienone is 6. The van der Waals surface area contributed by atoms with Gasteiger partial charge in [-0.15, -0.1) is 0 Å². The average molecular weight is 1070 g/mol. The molecule has 0 heterocycles. The number of unbranched alkanes of at least 4 members (excludes halogenated alkanes) is 46. The van der Waals surface area contributed by atoms with Gasteiger partial charge in [-0.3, -0.25) is 14.4 Å². The average Bonchev–Trinajstić information content (AvgIpc) is 3.42. The lowest BCUT2D eigenvalue weighted by Gasteiger charge is -2.18. The second-order valence-corrected chi connectivity index (χ2v) is 23.1. The maximum atomic E-state index is 12.8. The van der Waals surface area contributed by atoms with Crippen LogP contribution in [0.4, 0.5) is 0 Å². The number of esters is 3. The normalized spacial score (nSPS) is 12.2. The van der Waals surface area contributed by atoms with E-state index in [0.717, 1.165) is 64.2 Å². The van der Waals surface area contributed by atoms with E-state index < -0.39 is 6.10 Å². The van der Waals surface area contributed by atoms with Crippen LogP contribution >= 0.6 is 0 Å². The molecule has 0 N–H and O–H groups in total. The molecule has 0 saturated heterocycles. The van der Waals surface area contributed by atoms with Crippen molar-refractivity contribution in [1.82, 2.24) is 0 Å². The zero-order valence-electron chi connectivity index (χ0n) is 51.3. The molecule has 6 nitrogen and oxygen atoms in total. The highest BCUT2D eigenvalue weighted by molar-refractivity contribution is 5.71. The summed E-state index contributed by atoms with van der Waals surface area (Å²) in [5.74, 6) is -0.857. The molecular formula is C70H130O6. The zero-order chi connectivity index (χ0) is 55.0. The van der Waals surface area contributed by atoms with Gasteiger partial charge in [0.1, 0.15) is 13.2 Å². The van der Waals surface area contributed by atoms with Crippen molar-refractivity contribution in [2.45, 2.75) is 380 Å². The van der Waals surface area contributed by atoms with E-state index in [9.17, 15) is 14.4 Å². The van der Waals surface area contributed by atoms with Crippen molar-refractivity contribution in [2.75, 3.05) is 13.2 Å². The number of rotatable bonds is 63. The molecule has 0 amide bonds. The summed E-state index contributed by atoms with van der Waals surface area (Å²) in [4.78, 5) is 38.0. The Morgan fingerprint density at radius 2 is 0.474 bits per heavy atom. The van der Waals surface area contributed by atoms with Crippen LogP contribution in [0, 0.1) is 0 Å². The number of hydrogen-bond donors (Lipinski definition) is 0. The molecule has 1 unspecified atom stereocenters. The van der Waals surface area contributed by atoms with Crippen molar-refractivity contribution in [3.8, 4) is 0 Å². The molecule has 0 aromatic heterocycles. The predicted molar refractivity (Wildman–Crippen MR) is 330 cm³/mol. The lowest BCUT2D eigenvalue weighted by atomic mass is 10.0. The number of carbonyl (C=O) groups excluding carboxylic acids is 3. The van der Waals surface area contributed by atoms with Crippen LogP contribution < -0.4 is 0 Å². The Morgan fingerprint density at radius 1 is 0.263 bits per heavy atom. The van der Waals surface area contributed by atoms with E-state index in [-0.39, 0.29) is 31.1 Å². The van der Waals surface area contributed by atoms with Crippen molar-refractivity contribution in [2.24, 2.45) is 0 Å². The second kappa shape index (κ2) is 65.2. The Labute approximate surface area is 474 Å². The van der Waals surface area contributed by atoms with Crippen molar-refractivity contribution >= 4 is 17.9 Å². The van der Waals surface area contributed by atoms with Crippen molar-refractivity contribution in [3.05, 3.63) is 36.5 Å². The summed E-state index contributed by atoms with van der Waals surface area (Å²) in [5.41, 5.74) is 0. The first-order valence-electron chi connectivity index (χ1n) is 34.0. The summed E-state index contributed by atoms with van der Waals surface area (Å²) in [7, 11) is 0. The Morgan fingerprint density at radius 3 is 0.737 bits per heavy atom. The van der Waals surface area contributed by atoms with Crippen molar-refractivity contribution in [1.29, 1.82) is 0 Å². The Bertz CT molecular complexity index is 1270. The first kappa shape index (κ1) is 73.6. The van der Waals surface area contributed by atoms with Crippen LogP contribution in [0.5, 0.6) is 0 Å². The largest absolute Gasteiger partial charge is 0.462 e. The van der Waals surface area contributed by atoms with E-state index in [2.05, 4.69) is 57.2 Å². The lowest BCUT2D eigenvalue weighted by molar-refractivity contribution is -0.167. The van der Waals surface area contributed by atoms with Crippen LogP contribution in [-0.4, -0.2) is 37.2 Å². The minimum atomic E-state index is -0.767. The fourth-order valence-corrected chi connectivity index (χ4v) is 10.2. The van der Waals surface area contributed by atoms with Gasteiger partial charge in [-0.25, -0.2) is 0 Å². The van der Waals surface area contributed by atoms with Gasteiger partial charge in [-0.2, -0.15) is 0 Å². The highest BCUT2D eigenvalue weighted by atomic mass is 16.6. The van der Waals surface area contributed by atoms with Crippen LogP contribution in [-0.2, 0) is 28.6 Å². The molecule has 446 valence electrons. The van der Waals surface area contributed by atoms with Crippen LogP contribution in [0.2, 0.25) is 0 Å². The molecule has 0 fully saturated rings. The minimum absolute atomic E-state index is 0.0679. The second-order valence-electron chi connectivity index (χ2n) is 23.1. The van der Waals surface area contributed by atoms with Gasteiger partial charge in [-0.05, 0) is 77.0 Å². The van der Waals surface area contributed by atoms with Gasteiger partial charge < -0.3 is 14.2 Å². The van der Waals surface area contributed by atoms with Crippen LogP contribution in [0.3, 0.4) is 0 Å². The highest BCUT2D eigenvalue weighted by Crippen LogP contribution is 2.18. The summed E-state index contributed by atoms with van der Waals surface area (Å²) in [6, 6.07) is 0. The highest BCUT2D eigenvalue weighted by Gasteiger charge is 2.19. The topological polar surface area (TPSA) is 78.9 Å². The molecule has 0 spiro atoms. The van der Waals surface area contributed by atoms with Crippen molar-refractivity contribution < 1.29 is 28.6 Å². The maximum absolute atomic E-state index is 12.8. The zero-order valence-corrected chi connectivity index (χ0v) is 51.3. The molecule has 0 aromatic rings. The summed E-state index contributed by atoms with van der Waals surface area (Å²) >= 11 is 0. The van der Waals surface area contributed by atoms with E-state index in [0.29, 0.717) is 19.3 Å². The molecule has 1 atom stereocenters. The van der Waals surface area contributed by atoms with Gasteiger partial charge in [0.15, 0.2) is 6.10 Å². The van der Waals surface area contributed by atoms with Crippen molar-refractivity contribution in [3.63, 3.8) is 0 Å². The Hall–Kier alpha value is -2.37. The smallest absolute Gasteiger partial charge is 0.306 e. The van der Waals surface area contributed by atoms with Crippen LogP contribution in [0.25, 0.3) is 0 Å². The van der Waals surface area contributed by atoms with Crippen LogP contribution in [0.15, 0.2) is 36.5 Å². The molecule has 6 heteroatoms. The molecule has 0 radical (unpaired) electrons. The van der Waals surface area contributed by atoms with Gasteiger partial charge in [0, 0.05) is 19.3 Å². The number of ether oxygens (including phenoxy) is 3. The lowest BCUT2D eigenvalue weighted by Crippen LogP contribution is -2.30. The maximum Gasteiger partial charge on any atom is 0.306 e. The molecule has 0 aliphatic heterocycles. The van der Waals surface area contributed by atoms with Gasteiger partial charge in [0.05, 0.1) is 0 Å². The fourth-order valence-electron chi connectivity index (χ4n) is 10.2. The third-order valence-corrected chi connectivity index (χ3v) is 15.4. The van der Waals surface area contributed by atoms with Gasteiger partial charge in [-0.1, -0.05) is 314 Å². The first-order chi connectivity index (χ1) is 37.5.